The van der Waals surface area contributed by atoms with Crippen LogP contribution in [0.2, 0.25) is 0 Å². The zero-order chi connectivity index (χ0) is 11.4. The summed E-state index contributed by atoms with van der Waals surface area (Å²) in [5, 5.41) is 3.06. The first kappa shape index (κ1) is 10.5. The zero-order valence-electron chi connectivity index (χ0n) is 9.40. The summed E-state index contributed by atoms with van der Waals surface area (Å²) in [6.45, 7) is 1.98. The first-order valence-corrected chi connectivity index (χ1v) is 5.16. The number of hydrogen-bond acceptors (Lipinski definition) is 3. The van der Waals surface area contributed by atoms with Crippen LogP contribution in [0.5, 0.6) is 11.5 Å². The van der Waals surface area contributed by atoms with Gasteiger partial charge in [0.05, 0.1) is 0 Å². The maximum absolute atomic E-state index is 5.74. The van der Waals surface area contributed by atoms with Gasteiger partial charge in [-0.1, -0.05) is 0 Å². The Morgan fingerprint density at radius 2 is 1.88 bits per heavy atom. The van der Waals surface area contributed by atoms with Gasteiger partial charge < -0.3 is 10.1 Å². The predicted molar refractivity (Wildman–Crippen MR) is 65.0 cm³/mol. The second kappa shape index (κ2) is 4.66. The van der Waals surface area contributed by atoms with Crippen molar-refractivity contribution in [1.82, 2.24) is 4.98 Å². The summed E-state index contributed by atoms with van der Waals surface area (Å²) >= 11 is 0. The van der Waals surface area contributed by atoms with Crippen LogP contribution in [0.25, 0.3) is 0 Å². The van der Waals surface area contributed by atoms with E-state index in [1.807, 2.05) is 44.3 Å². The third-order valence-corrected chi connectivity index (χ3v) is 2.34. The largest absolute Gasteiger partial charge is 0.457 e. The molecule has 1 heterocycles. The van der Waals surface area contributed by atoms with Crippen molar-refractivity contribution in [2.45, 2.75) is 6.92 Å². The van der Waals surface area contributed by atoms with Crippen LogP contribution < -0.4 is 10.1 Å². The van der Waals surface area contributed by atoms with Gasteiger partial charge in [-0.3, -0.25) is 4.98 Å². The van der Waals surface area contributed by atoms with E-state index in [0.717, 1.165) is 22.7 Å². The molecular weight excluding hydrogens is 200 g/mol. The summed E-state index contributed by atoms with van der Waals surface area (Å²) in [4.78, 5) is 4.02. The molecule has 1 N–H and O–H groups in total. The Morgan fingerprint density at radius 3 is 2.50 bits per heavy atom. The second-order valence-corrected chi connectivity index (χ2v) is 3.52. The van der Waals surface area contributed by atoms with Crippen LogP contribution in [0.4, 0.5) is 5.69 Å². The summed E-state index contributed by atoms with van der Waals surface area (Å²) in [7, 11) is 1.89. The molecular formula is C13H14N2O. The van der Waals surface area contributed by atoms with Crippen molar-refractivity contribution in [3.8, 4) is 11.5 Å². The van der Waals surface area contributed by atoms with E-state index in [9.17, 15) is 0 Å². The molecule has 0 aliphatic rings. The van der Waals surface area contributed by atoms with Crippen LogP contribution in [0, 0.1) is 6.92 Å². The topological polar surface area (TPSA) is 34.1 Å². The number of pyridine rings is 1. The molecule has 3 heteroatoms. The molecule has 3 nitrogen and oxygen atoms in total. The lowest BCUT2D eigenvalue weighted by Gasteiger charge is -2.08. The number of aromatic nitrogens is 1. The van der Waals surface area contributed by atoms with Crippen LogP contribution in [-0.2, 0) is 0 Å². The molecule has 0 bridgehead atoms. The lowest BCUT2D eigenvalue weighted by atomic mass is 10.3. The molecule has 0 fully saturated rings. The van der Waals surface area contributed by atoms with Gasteiger partial charge >= 0.3 is 0 Å². The molecule has 0 saturated heterocycles. The van der Waals surface area contributed by atoms with E-state index in [-0.39, 0.29) is 0 Å². The first-order chi connectivity index (χ1) is 7.79. The van der Waals surface area contributed by atoms with Crippen LogP contribution in [0.1, 0.15) is 5.56 Å². The molecule has 0 atom stereocenters. The number of rotatable bonds is 3. The number of benzene rings is 1. The molecule has 0 amide bonds. The number of nitrogens with one attached hydrogen (secondary N) is 1. The number of ether oxygens (including phenoxy) is 1. The van der Waals surface area contributed by atoms with Crippen LogP contribution in [0.15, 0.2) is 42.7 Å². The van der Waals surface area contributed by atoms with Crippen LogP contribution in [0.3, 0.4) is 0 Å². The number of nitrogens with zero attached hydrogens (tertiary/aromatic N) is 1. The molecule has 0 aliphatic carbocycles. The van der Waals surface area contributed by atoms with Gasteiger partial charge in [-0.05, 0) is 37.3 Å². The highest BCUT2D eigenvalue weighted by Gasteiger charge is 2.00. The van der Waals surface area contributed by atoms with Crippen molar-refractivity contribution >= 4 is 5.69 Å². The third-order valence-electron chi connectivity index (χ3n) is 2.34. The van der Waals surface area contributed by atoms with Crippen molar-refractivity contribution in [2.24, 2.45) is 0 Å². The van der Waals surface area contributed by atoms with E-state index in [4.69, 9.17) is 4.74 Å². The normalized spacial score (nSPS) is 9.88. The monoisotopic (exact) mass is 214 g/mol. The van der Waals surface area contributed by atoms with Gasteiger partial charge in [-0.15, -0.1) is 0 Å². The summed E-state index contributed by atoms with van der Waals surface area (Å²) in [6.07, 6.45) is 3.52. The van der Waals surface area contributed by atoms with Gasteiger partial charge in [-0.2, -0.15) is 0 Å². The fraction of sp³-hybridized carbons (Fsp3) is 0.154. The quantitative estimate of drug-likeness (QED) is 0.851. The fourth-order valence-electron chi connectivity index (χ4n) is 1.39. The molecule has 0 unspecified atom stereocenters. The molecule has 1 aromatic carbocycles. The van der Waals surface area contributed by atoms with Gasteiger partial charge in [0.2, 0.25) is 0 Å². The Hall–Kier alpha value is -2.03. The van der Waals surface area contributed by atoms with Crippen LogP contribution in [-0.4, -0.2) is 12.0 Å². The molecule has 0 spiro atoms. The highest BCUT2D eigenvalue weighted by molar-refractivity contribution is 5.46. The van der Waals surface area contributed by atoms with E-state index in [1.54, 1.807) is 12.4 Å². The maximum atomic E-state index is 5.74. The molecule has 1 aromatic heterocycles. The van der Waals surface area contributed by atoms with E-state index in [2.05, 4.69) is 10.3 Å². The lowest BCUT2D eigenvalue weighted by Crippen LogP contribution is -1.90. The summed E-state index contributed by atoms with van der Waals surface area (Å²) in [5.74, 6) is 1.67. The van der Waals surface area contributed by atoms with Crippen molar-refractivity contribution < 1.29 is 4.74 Å². The minimum atomic E-state index is 0.827. The standard InChI is InChI=1S/C13H14N2O/c1-10-9-15-8-7-13(10)16-12-5-3-11(14-2)4-6-12/h3-9,14H,1-2H3. The molecule has 16 heavy (non-hydrogen) atoms. The molecule has 0 aliphatic heterocycles. The predicted octanol–water partition coefficient (Wildman–Crippen LogP) is 3.22. The Labute approximate surface area is 95.1 Å². The van der Waals surface area contributed by atoms with Gasteiger partial charge in [0.1, 0.15) is 11.5 Å². The van der Waals surface area contributed by atoms with E-state index >= 15 is 0 Å². The molecule has 0 radical (unpaired) electrons. The molecule has 0 saturated carbocycles. The Bertz CT molecular complexity index is 466. The fourth-order valence-corrected chi connectivity index (χ4v) is 1.39. The molecule has 2 aromatic rings. The van der Waals surface area contributed by atoms with Crippen LogP contribution >= 0.6 is 0 Å². The summed E-state index contributed by atoms with van der Waals surface area (Å²) in [5.41, 5.74) is 2.10. The SMILES string of the molecule is CNc1ccc(Oc2ccncc2C)cc1. The zero-order valence-corrected chi connectivity index (χ0v) is 9.40. The number of hydrogen-bond donors (Lipinski definition) is 1. The Kier molecular flexibility index (Phi) is 3.05. The van der Waals surface area contributed by atoms with Gasteiger partial charge in [0, 0.05) is 30.7 Å². The highest BCUT2D eigenvalue weighted by atomic mass is 16.5. The number of anilines is 1. The Morgan fingerprint density at radius 1 is 1.12 bits per heavy atom. The average molecular weight is 214 g/mol. The van der Waals surface area contributed by atoms with E-state index < -0.39 is 0 Å². The second-order valence-electron chi connectivity index (χ2n) is 3.52. The maximum Gasteiger partial charge on any atom is 0.133 e. The van der Waals surface area contributed by atoms with Gasteiger partial charge in [-0.25, -0.2) is 0 Å². The first-order valence-electron chi connectivity index (χ1n) is 5.16. The van der Waals surface area contributed by atoms with Gasteiger partial charge in [0.15, 0.2) is 0 Å². The van der Waals surface area contributed by atoms with Crippen molar-refractivity contribution in [3.63, 3.8) is 0 Å². The Balaban J connectivity index is 2.18. The van der Waals surface area contributed by atoms with E-state index in [1.165, 1.54) is 0 Å². The summed E-state index contributed by atoms with van der Waals surface area (Å²) in [6, 6.07) is 9.69. The lowest BCUT2D eigenvalue weighted by molar-refractivity contribution is 0.478. The highest BCUT2D eigenvalue weighted by Crippen LogP contribution is 2.24. The number of aryl methyl sites for hydroxylation is 1. The van der Waals surface area contributed by atoms with Crippen molar-refractivity contribution in [1.29, 1.82) is 0 Å². The minimum Gasteiger partial charge on any atom is -0.457 e. The smallest absolute Gasteiger partial charge is 0.133 e. The molecule has 82 valence electrons. The van der Waals surface area contributed by atoms with E-state index in [0.29, 0.717) is 0 Å². The summed E-state index contributed by atoms with van der Waals surface area (Å²) < 4.78 is 5.74. The van der Waals surface area contributed by atoms with Gasteiger partial charge in [0.25, 0.3) is 0 Å². The van der Waals surface area contributed by atoms with Crippen molar-refractivity contribution in [2.75, 3.05) is 12.4 Å². The minimum absolute atomic E-state index is 0.827. The third kappa shape index (κ3) is 2.31. The average Bonchev–Trinajstić information content (AvgIpc) is 2.33. The molecule has 2 rings (SSSR count). The van der Waals surface area contributed by atoms with Crippen molar-refractivity contribution in [3.05, 3.63) is 48.3 Å².